The number of nitrogens with zero attached hydrogens (tertiary/aromatic N) is 2. The minimum Gasteiger partial charge on any atom is -0.497 e. The van der Waals surface area contributed by atoms with Gasteiger partial charge >= 0.3 is 0 Å². The fourth-order valence-electron chi connectivity index (χ4n) is 2.81. The second-order valence-electron chi connectivity index (χ2n) is 6.90. The lowest BCUT2D eigenvalue weighted by molar-refractivity contribution is -0.120. The van der Waals surface area contributed by atoms with E-state index in [0.29, 0.717) is 24.6 Å². The molecular weight excluding hydrogens is 469 g/mol. The molecule has 0 fully saturated rings. The van der Waals surface area contributed by atoms with Gasteiger partial charge in [-0.2, -0.15) is 0 Å². The summed E-state index contributed by atoms with van der Waals surface area (Å²) in [5.74, 6) is 1.34. The Kier molecular flexibility index (Phi) is 13.6. The molecule has 0 aliphatic heterocycles. The minimum atomic E-state index is -0.0836. The van der Waals surface area contributed by atoms with Crippen molar-refractivity contribution in [1.29, 1.82) is 0 Å². The summed E-state index contributed by atoms with van der Waals surface area (Å²) >= 11 is 0. The molecule has 1 aromatic carbocycles. The van der Waals surface area contributed by atoms with E-state index < -0.39 is 0 Å². The summed E-state index contributed by atoms with van der Waals surface area (Å²) in [5, 5.41) is 9.19. The van der Waals surface area contributed by atoms with Crippen LogP contribution in [0.3, 0.4) is 0 Å². The van der Waals surface area contributed by atoms with Gasteiger partial charge in [-0.05, 0) is 45.4 Å². The van der Waals surface area contributed by atoms with E-state index in [2.05, 4.69) is 53.5 Å². The lowest BCUT2D eigenvalue weighted by Gasteiger charge is -2.30. The van der Waals surface area contributed by atoms with Gasteiger partial charge in [-0.1, -0.05) is 12.1 Å². The number of nitrogens with one attached hydrogen (secondary N) is 3. The third-order valence-corrected chi connectivity index (χ3v) is 4.28. The molecule has 7 nitrogen and oxygen atoms in total. The summed E-state index contributed by atoms with van der Waals surface area (Å²) in [4.78, 5) is 18.6. The molecule has 1 rings (SSSR count). The van der Waals surface area contributed by atoms with Crippen LogP contribution in [0.25, 0.3) is 0 Å². The highest BCUT2D eigenvalue weighted by Crippen LogP contribution is 2.10. The van der Waals surface area contributed by atoms with Gasteiger partial charge in [0.1, 0.15) is 5.75 Å². The number of amides is 1. The van der Waals surface area contributed by atoms with Gasteiger partial charge in [0.15, 0.2) is 5.96 Å². The molecule has 160 valence electrons. The number of methoxy groups -OCH3 is 1. The Bertz CT molecular complexity index is 583. The summed E-state index contributed by atoms with van der Waals surface area (Å²) < 4.78 is 5.12. The molecule has 0 heterocycles. The first-order valence-electron chi connectivity index (χ1n) is 9.47. The van der Waals surface area contributed by atoms with E-state index in [1.807, 2.05) is 24.3 Å². The van der Waals surface area contributed by atoms with Crippen LogP contribution in [0.4, 0.5) is 0 Å². The maximum absolute atomic E-state index is 12.0. The zero-order valence-electron chi connectivity index (χ0n) is 17.9. The first-order valence-corrected chi connectivity index (χ1v) is 9.47. The molecule has 0 spiro atoms. The van der Waals surface area contributed by atoms with Crippen LogP contribution in [0.15, 0.2) is 29.3 Å². The Hall–Kier alpha value is -1.55. The molecule has 0 aromatic heterocycles. The number of halogens is 1. The van der Waals surface area contributed by atoms with Crippen LogP contribution in [0, 0.1) is 0 Å². The van der Waals surface area contributed by atoms with E-state index in [1.54, 1.807) is 14.2 Å². The molecule has 0 aliphatic rings. The fourth-order valence-corrected chi connectivity index (χ4v) is 2.81. The number of aliphatic imine (C=N–C) groups is 1. The number of hydrogen-bond donors (Lipinski definition) is 3. The molecule has 0 saturated carbocycles. The lowest BCUT2D eigenvalue weighted by atomic mass is 10.2. The van der Waals surface area contributed by atoms with Crippen molar-refractivity contribution in [2.24, 2.45) is 4.99 Å². The lowest BCUT2D eigenvalue weighted by Crippen LogP contribution is -2.47. The molecule has 1 aromatic rings. The topological polar surface area (TPSA) is 78.0 Å². The highest BCUT2D eigenvalue weighted by atomic mass is 127. The average molecular weight is 505 g/mol. The quantitative estimate of drug-likeness (QED) is 0.258. The van der Waals surface area contributed by atoms with Gasteiger partial charge in [0, 0.05) is 38.8 Å². The predicted octanol–water partition coefficient (Wildman–Crippen LogP) is 2.21. The Morgan fingerprint density at radius 2 is 1.68 bits per heavy atom. The first kappa shape index (κ1) is 26.4. The summed E-state index contributed by atoms with van der Waals surface area (Å²) in [5.41, 5.74) is 1.02. The Morgan fingerprint density at radius 1 is 1.07 bits per heavy atom. The van der Waals surface area contributed by atoms with Crippen molar-refractivity contribution in [3.63, 3.8) is 0 Å². The van der Waals surface area contributed by atoms with E-state index in [9.17, 15) is 4.79 Å². The summed E-state index contributed by atoms with van der Waals surface area (Å²) in [7, 11) is 3.33. The Balaban J connectivity index is 0.00000729. The smallest absolute Gasteiger partial charge is 0.239 e. The van der Waals surface area contributed by atoms with Crippen LogP contribution in [-0.4, -0.2) is 62.6 Å². The summed E-state index contributed by atoms with van der Waals surface area (Å²) in [6.07, 6.45) is 0. The third kappa shape index (κ3) is 10.1. The normalized spacial score (nSPS) is 11.4. The molecule has 8 heteroatoms. The van der Waals surface area contributed by atoms with Gasteiger partial charge in [0.2, 0.25) is 5.91 Å². The molecule has 0 bridgehead atoms. The van der Waals surface area contributed by atoms with E-state index in [1.165, 1.54) is 0 Å². The van der Waals surface area contributed by atoms with E-state index in [0.717, 1.165) is 24.4 Å². The van der Waals surface area contributed by atoms with Crippen molar-refractivity contribution in [2.75, 3.05) is 33.8 Å². The van der Waals surface area contributed by atoms with Gasteiger partial charge < -0.3 is 20.7 Å². The van der Waals surface area contributed by atoms with Gasteiger partial charge in [0.05, 0.1) is 13.7 Å². The highest BCUT2D eigenvalue weighted by Gasteiger charge is 2.12. The van der Waals surface area contributed by atoms with Crippen LogP contribution in [0.2, 0.25) is 0 Å². The van der Waals surface area contributed by atoms with Crippen LogP contribution in [0.5, 0.6) is 5.75 Å². The van der Waals surface area contributed by atoms with Crippen molar-refractivity contribution >= 4 is 35.8 Å². The van der Waals surface area contributed by atoms with Gasteiger partial charge in [-0.3, -0.25) is 14.7 Å². The van der Waals surface area contributed by atoms with Crippen molar-refractivity contribution in [3.8, 4) is 5.75 Å². The Morgan fingerprint density at radius 3 is 2.18 bits per heavy atom. The van der Waals surface area contributed by atoms with Crippen molar-refractivity contribution < 1.29 is 9.53 Å². The molecule has 3 N–H and O–H groups in total. The molecule has 0 radical (unpaired) electrons. The van der Waals surface area contributed by atoms with Crippen LogP contribution in [-0.2, 0) is 11.3 Å². The van der Waals surface area contributed by atoms with E-state index >= 15 is 0 Å². The molecular formula is C20H36IN5O2. The fraction of sp³-hybridized carbons (Fsp3) is 0.600. The first-order chi connectivity index (χ1) is 12.9. The second kappa shape index (κ2) is 14.4. The number of carbonyl (C=O) groups excluding carboxylic acids is 1. The average Bonchev–Trinajstić information content (AvgIpc) is 2.65. The largest absolute Gasteiger partial charge is 0.497 e. The number of benzene rings is 1. The number of rotatable bonds is 10. The number of hydrogen-bond acceptors (Lipinski definition) is 4. The molecule has 0 unspecified atom stereocenters. The summed E-state index contributed by atoms with van der Waals surface area (Å²) in [6.45, 7) is 11.1. The molecule has 0 saturated heterocycles. The van der Waals surface area contributed by atoms with Crippen LogP contribution >= 0.6 is 24.0 Å². The molecule has 0 atom stereocenters. The zero-order chi connectivity index (χ0) is 20.2. The summed E-state index contributed by atoms with van der Waals surface area (Å²) in [6, 6.07) is 8.60. The van der Waals surface area contributed by atoms with Crippen molar-refractivity contribution in [2.45, 2.75) is 46.3 Å². The number of ether oxygens (including phenoxy) is 1. The van der Waals surface area contributed by atoms with E-state index in [-0.39, 0.29) is 36.4 Å². The van der Waals surface area contributed by atoms with Crippen LogP contribution in [0.1, 0.15) is 33.3 Å². The third-order valence-electron chi connectivity index (χ3n) is 4.28. The predicted molar refractivity (Wildman–Crippen MR) is 127 cm³/mol. The standard InChI is InChI=1S/C20H35N5O2.HI/c1-15(2)25(16(3)4)12-11-22-20(21-5)24-14-19(26)23-13-17-7-9-18(27-6)10-8-17;/h7-10,15-16H,11-14H2,1-6H3,(H,23,26)(H2,21,22,24);1H. The highest BCUT2D eigenvalue weighted by molar-refractivity contribution is 14.0. The minimum absolute atomic E-state index is 0. The van der Waals surface area contributed by atoms with Crippen molar-refractivity contribution in [3.05, 3.63) is 29.8 Å². The second-order valence-corrected chi connectivity index (χ2v) is 6.90. The Labute approximate surface area is 186 Å². The van der Waals surface area contributed by atoms with Gasteiger partial charge in [-0.15, -0.1) is 24.0 Å². The molecule has 1 amide bonds. The maximum Gasteiger partial charge on any atom is 0.239 e. The number of carbonyl (C=O) groups is 1. The monoisotopic (exact) mass is 505 g/mol. The van der Waals surface area contributed by atoms with Gasteiger partial charge in [0.25, 0.3) is 0 Å². The zero-order valence-corrected chi connectivity index (χ0v) is 20.2. The molecule has 0 aliphatic carbocycles. The van der Waals surface area contributed by atoms with Crippen LogP contribution < -0.4 is 20.7 Å². The van der Waals surface area contributed by atoms with E-state index in [4.69, 9.17) is 4.74 Å². The molecule has 28 heavy (non-hydrogen) atoms. The number of guanidine groups is 1. The maximum atomic E-state index is 12.0. The van der Waals surface area contributed by atoms with Crippen molar-refractivity contribution in [1.82, 2.24) is 20.9 Å². The SMILES string of the molecule is CN=C(NCCN(C(C)C)C(C)C)NCC(=O)NCc1ccc(OC)cc1.I. The van der Waals surface area contributed by atoms with Gasteiger partial charge in [-0.25, -0.2) is 0 Å².